The summed E-state index contributed by atoms with van der Waals surface area (Å²) in [6, 6.07) is 4.93. The maximum absolute atomic E-state index is 11.0. The highest BCUT2D eigenvalue weighted by atomic mass is 35.5. The van der Waals surface area contributed by atoms with E-state index >= 15 is 0 Å². The number of hydrogen-bond donors (Lipinski definition) is 0. The first-order chi connectivity index (χ1) is 10.2. The summed E-state index contributed by atoms with van der Waals surface area (Å²) in [6.45, 7) is 0.421. The zero-order chi connectivity index (χ0) is 15.2. The maximum atomic E-state index is 11.0. The van der Waals surface area contributed by atoms with Gasteiger partial charge in [-0.3, -0.25) is 10.1 Å². The summed E-state index contributed by atoms with van der Waals surface area (Å²) in [5, 5.41) is 15.1. The first-order valence-corrected chi connectivity index (χ1v) is 7.68. The molecule has 0 amide bonds. The van der Waals surface area contributed by atoms with E-state index in [1.807, 2.05) is 16.8 Å². The highest BCUT2D eigenvalue weighted by Gasteiger charge is 2.19. The molecule has 0 aliphatic heterocycles. The molecule has 112 valence electrons. The van der Waals surface area contributed by atoms with E-state index in [1.165, 1.54) is 18.7 Å². The zero-order valence-corrected chi connectivity index (χ0v) is 12.9. The Kier molecular flexibility index (Phi) is 5.41. The van der Waals surface area contributed by atoms with E-state index in [-0.39, 0.29) is 11.6 Å². The molecule has 0 unspecified atom stereocenters. The summed E-state index contributed by atoms with van der Waals surface area (Å²) < 4.78 is 10.8. The number of methoxy groups -OCH3 is 1. The number of nitrogens with zero attached hydrogens (tertiary/aromatic N) is 1. The molecule has 1 aromatic heterocycles. The molecular formula is C14H14ClNO4S. The third-order valence-corrected chi connectivity index (χ3v) is 3.95. The Balaban J connectivity index is 2.16. The molecule has 5 nitrogen and oxygen atoms in total. The predicted molar refractivity (Wildman–Crippen MR) is 82.7 cm³/mol. The molecule has 2 aromatic rings. The van der Waals surface area contributed by atoms with Crippen molar-refractivity contribution in [3.05, 3.63) is 50.2 Å². The van der Waals surface area contributed by atoms with Gasteiger partial charge in [-0.25, -0.2) is 0 Å². The number of hydrogen-bond acceptors (Lipinski definition) is 5. The third kappa shape index (κ3) is 3.86. The minimum Gasteiger partial charge on any atom is -0.493 e. The number of nitro groups is 1. The summed E-state index contributed by atoms with van der Waals surface area (Å²) in [7, 11) is 1.49. The van der Waals surface area contributed by atoms with Crippen molar-refractivity contribution in [3.8, 4) is 11.5 Å². The Morgan fingerprint density at radius 1 is 1.38 bits per heavy atom. The van der Waals surface area contributed by atoms with Gasteiger partial charge in [0.1, 0.15) is 0 Å². The van der Waals surface area contributed by atoms with Crippen LogP contribution in [-0.2, 0) is 12.3 Å². The molecule has 0 saturated carbocycles. The van der Waals surface area contributed by atoms with Gasteiger partial charge in [0.05, 0.1) is 30.6 Å². The molecule has 0 radical (unpaired) electrons. The Labute approximate surface area is 131 Å². The van der Waals surface area contributed by atoms with Crippen LogP contribution in [0.3, 0.4) is 0 Å². The lowest BCUT2D eigenvalue weighted by molar-refractivity contribution is -0.385. The van der Waals surface area contributed by atoms with Crippen LogP contribution >= 0.6 is 22.9 Å². The molecule has 2 rings (SSSR count). The highest BCUT2D eigenvalue weighted by Crippen LogP contribution is 2.35. The topological polar surface area (TPSA) is 61.6 Å². The molecule has 0 aliphatic rings. The average molecular weight is 328 g/mol. The van der Waals surface area contributed by atoms with Crippen molar-refractivity contribution in [1.82, 2.24) is 0 Å². The lowest BCUT2D eigenvalue weighted by atomic mass is 10.2. The maximum Gasteiger partial charge on any atom is 0.277 e. The van der Waals surface area contributed by atoms with Gasteiger partial charge in [0.15, 0.2) is 11.5 Å². The lowest BCUT2D eigenvalue weighted by Crippen LogP contribution is -2.04. The van der Waals surface area contributed by atoms with E-state index in [1.54, 1.807) is 17.4 Å². The minimum atomic E-state index is -0.469. The second-order valence-electron chi connectivity index (χ2n) is 4.25. The van der Waals surface area contributed by atoms with Gasteiger partial charge in [-0.1, -0.05) is 0 Å². The fraction of sp³-hybridized carbons (Fsp3) is 0.286. The van der Waals surface area contributed by atoms with Gasteiger partial charge in [0.25, 0.3) is 5.69 Å². The summed E-state index contributed by atoms with van der Waals surface area (Å²) >= 11 is 7.35. The van der Waals surface area contributed by atoms with Crippen LogP contribution < -0.4 is 9.47 Å². The molecule has 21 heavy (non-hydrogen) atoms. The quantitative estimate of drug-likeness (QED) is 0.437. The standard InChI is InChI=1S/C14H14ClNO4S/c1-19-13-6-11(8-15)12(16(17)18)7-14(13)20-4-2-10-3-5-21-9-10/h3,5-7,9H,2,4,8H2,1H3. The molecule has 1 heterocycles. The summed E-state index contributed by atoms with van der Waals surface area (Å²) in [5.74, 6) is 0.844. The Hall–Kier alpha value is -1.79. The van der Waals surface area contributed by atoms with Crippen LogP contribution in [0.1, 0.15) is 11.1 Å². The summed E-state index contributed by atoms with van der Waals surface area (Å²) in [4.78, 5) is 10.6. The van der Waals surface area contributed by atoms with Crippen molar-refractivity contribution in [2.75, 3.05) is 13.7 Å². The largest absolute Gasteiger partial charge is 0.493 e. The van der Waals surface area contributed by atoms with Gasteiger partial charge >= 0.3 is 0 Å². The molecule has 0 aliphatic carbocycles. The Morgan fingerprint density at radius 2 is 2.19 bits per heavy atom. The van der Waals surface area contributed by atoms with Crippen LogP contribution in [0.5, 0.6) is 11.5 Å². The molecule has 7 heteroatoms. The Bertz CT molecular complexity index is 616. The molecule has 0 fully saturated rings. The molecular weight excluding hydrogens is 314 g/mol. The van der Waals surface area contributed by atoms with Crippen LogP contribution in [0.2, 0.25) is 0 Å². The first-order valence-electron chi connectivity index (χ1n) is 6.21. The third-order valence-electron chi connectivity index (χ3n) is 2.93. The van der Waals surface area contributed by atoms with Crippen molar-refractivity contribution in [1.29, 1.82) is 0 Å². The van der Waals surface area contributed by atoms with Crippen LogP contribution in [0, 0.1) is 10.1 Å². The zero-order valence-electron chi connectivity index (χ0n) is 11.4. The number of thiophene rings is 1. The van der Waals surface area contributed by atoms with E-state index in [9.17, 15) is 10.1 Å². The summed E-state index contributed by atoms with van der Waals surface area (Å²) in [5.41, 5.74) is 1.52. The van der Waals surface area contributed by atoms with Crippen molar-refractivity contribution in [2.45, 2.75) is 12.3 Å². The van der Waals surface area contributed by atoms with Crippen molar-refractivity contribution < 1.29 is 14.4 Å². The minimum absolute atomic E-state index is 0.0435. The van der Waals surface area contributed by atoms with E-state index in [4.69, 9.17) is 21.1 Å². The Morgan fingerprint density at radius 3 is 2.76 bits per heavy atom. The average Bonchev–Trinajstić information content (AvgIpc) is 2.99. The molecule has 0 saturated heterocycles. The molecule has 0 N–H and O–H groups in total. The number of benzene rings is 1. The van der Waals surface area contributed by atoms with Crippen LogP contribution in [-0.4, -0.2) is 18.6 Å². The van der Waals surface area contributed by atoms with Gasteiger partial charge in [0, 0.05) is 12.0 Å². The van der Waals surface area contributed by atoms with Gasteiger partial charge in [-0.15, -0.1) is 11.6 Å². The fourth-order valence-corrected chi connectivity index (χ4v) is 2.77. The van der Waals surface area contributed by atoms with Gasteiger partial charge in [0.2, 0.25) is 0 Å². The number of alkyl halides is 1. The van der Waals surface area contributed by atoms with Crippen molar-refractivity contribution >= 4 is 28.6 Å². The smallest absolute Gasteiger partial charge is 0.277 e. The number of rotatable bonds is 7. The molecule has 0 atom stereocenters. The lowest BCUT2D eigenvalue weighted by Gasteiger charge is -2.12. The molecule has 0 bridgehead atoms. The first kappa shape index (κ1) is 15.6. The van der Waals surface area contributed by atoms with Crippen molar-refractivity contribution in [2.24, 2.45) is 0 Å². The predicted octanol–water partition coefficient (Wildman–Crippen LogP) is 4.03. The van der Waals surface area contributed by atoms with Crippen LogP contribution in [0.15, 0.2) is 29.0 Å². The molecule has 0 spiro atoms. The van der Waals surface area contributed by atoms with E-state index < -0.39 is 4.92 Å². The van der Waals surface area contributed by atoms with Crippen molar-refractivity contribution in [3.63, 3.8) is 0 Å². The van der Waals surface area contributed by atoms with Gasteiger partial charge in [-0.2, -0.15) is 11.3 Å². The highest BCUT2D eigenvalue weighted by molar-refractivity contribution is 7.07. The van der Waals surface area contributed by atoms with E-state index in [0.717, 1.165) is 6.42 Å². The molecule has 1 aromatic carbocycles. The number of ether oxygens (including phenoxy) is 2. The summed E-state index contributed by atoms with van der Waals surface area (Å²) in [6.07, 6.45) is 0.734. The van der Waals surface area contributed by atoms with Crippen LogP contribution in [0.4, 0.5) is 5.69 Å². The van der Waals surface area contributed by atoms with E-state index in [2.05, 4.69) is 0 Å². The van der Waals surface area contributed by atoms with Crippen LogP contribution in [0.25, 0.3) is 0 Å². The monoisotopic (exact) mass is 327 g/mol. The second-order valence-corrected chi connectivity index (χ2v) is 5.30. The van der Waals surface area contributed by atoms with Gasteiger partial charge < -0.3 is 9.47 Å². The van der Waals surface area contributed by atoms with E-state index in [0.29, 0.717) is 23.7 Å². The number of halogens is 1. The second kappa shape index (κ2) is 7.28. The fourth-order valence-electron chi connectivity index (χ4n) is 1.85. The van der Waals surface area contributed by atoms with Gasteiger partial charge in [-0.05, 0) is 28.5 Å². The SMILES string of the molecule is COc1cc(CCl)c([N+](=O)[O-])cc1OCCc1ccsc1. The normalized spacial score (nSPS) is 10.4. The number of nitro benzene ring substituents is 1.